The largest absolute Gasteiger partial charge is 0.312 e. The van der Waals surface area contributed by atoms with Crippen molar-refractivity contribution in [1.82, 2.24) is 10.6 Å². The van der Waals surface area contributed by atoms with Crippen LogP contribution >= 0.6 is 0 Å². The van der Waals surface area contributed by atoms with Gasteiger partial charge in [-0.15, -0.1) is 0 Å². The van der Waals surface area contributed by atoms with Crippen LogP contribution in [0.2, 0.25) is 0 Å². The summed E-state index contributed by atoms with van der Waals surface area (Å²) in [5.74, 6) is 0. The highest BCUT2D eigenvalue weighted by atomic mass is 15.0. The molecule has 0 aliphatic carbocycles. The van der Waals surface area contributed by atoms with E-state index in [0.29, 0.717) is 24.2 Å². The van der Waals surface area contributed by atoms with Crippen LogP contribution in [0.5, 0.6) is 0 Å². The second-order valence-corrected chi connectivity index (χ2v) is 5.09. The van der Waals surface area contributed by atoms with Gasteiger partial charge in [-0.05, 0) is 19.3 Å². The van der Waals surface area contributed by atoms with Crippen LogP contribution in [0.4, 0.5) is 0 Å². The van der Waals surface area contributed by atoms with E-state index < -0.39 is 0 Å². The summed E-state index contributed by atoms with van der Waals surface area (Å²) in [5.41, 5.74) is 0. The van der Waals surface area contributed by atoms with Crippen molar-refractivity contribution >= 4 is 0 Å². The quantitative estimate of drug-likeness (QED) is 0.649. The molecule has 0 bridgehead atoms. The molecule has 0 fully saturated rings. The molecule has 0 saturated heterocycles. The standard InChI is InChI=1S/C13H30N2/c1-7-12(14-10(3)4)9-13(8-2)15-11(5)6/h10-15H,7-9H2,1-6H3. The molecule has 0 spiro atoms. The van der Waals surface area contributed by atoms with Gasteiger partial charge in [0.15, 0.2) is 0 Å². The fourth-order valence-electron chi connectivity index (χ4n) is 1.99. The van der Waals surface area contributed by atoms with E-state index in [2.05, 4.69) is 52.2 Å². The van der Waals surface area contributed by atoms with E-state index in [0.717, 1.165) is 0 Å². The first-order valence-corrected chi connectivity index (χ1v) is 6.51. The fraction of sp³-hybridized carbons (Fsp3) is 1.00. The van der Waals surface area contributed by atoms with Crippen molar-refractivity contribution in [3.63, 3.8) is 0 Å². The lowest BCUT2D eigenvalue weighted by Crippen LogP contribution is -2.42. The van der Waals surface area contributed by atoms with Gasteiger partial charge in [0.1, 0.15) is 0 Å². The van der Waals surface area contributed by atoms with Crippen LogP contribution < -0.4 is 10.6 Å². The van der Waals surface area contributed by atoms with Gasteiger partial charge in [0, 0.05) is 24.2 Å². The summed E-state index contributed by atoms with van der Waals surface area (Å²) in [6.07, 6.45) is 3.67. The summed E-state index contributed by atoms with van der Waals surface area (Å²) in [5, 5.41) is 7.26. The first kappa shape index (κ1) is 14.9. The maximum atomic E-state index is 3.63. The van der Waals surface area contributed by atoms with Gasteiger partial charge in [-0.25, -0.2) is 0 Å². The third kappa shape index (κ3) is 7.80. The Balaban J connectivity index is 3.99. The first-order valence-electron chi connectivity index (χ1n) is 6.51. The molecule has 0 aromatic carbocycles. The average Bonchev–Trinajstić information content (AvgIpc) is 2.14. The minimum Gasteiger partial charge on any atom is -0.312 e. The van der Waals surface area contributed by atoms with Crippen molar-refractivity contribution in [2.24, 2.45) is 0 Å². The number of rotatable bonds is 8. The molecule has 2 nitrogen and oxygen atoms in total. The SMILES string of the molecule is CCC(CC(CC)NC(C)C)NC(C)C. The summed E-state index contributed by atoms with van der Waals surface area (Å²) in [6, 6.07) is 2.49. The number of hydrogen-bond acceptors (Lipinski definition) is 2. The highest BCUT2D eigenvalue weighted by molar-refractivity contribution is 4.77. The van der Waals surface area contributed by atoms with Gasteiger partial charge in [0.05, 0.1) is 0 Å². The third-order valence-electron chi connectivity index (χ3n) is 2.69. The van der Waals surface area contributed by atoms with Crippen molar-refractivity contribution in [2.45, 2.75) is 85.0 Å². The lowest BCUT2D eigenvalue weighted by Gasteiger charge is -2.26. The zero-order valence-corrected chi connectivity index (χ0v) is 11.4. The highest BCUT2D eigenvalue weighted by Gasteiger charge is 2.14. The lowest BCUT2D eigenvalue weighted by molar-refractivity contribution is 0.344. The Labute approximate surface area is 96.2 Å². The molecule has 0 rings (SSSR count). The molecule has 15 heavy (non-hydrogen) atoms. The summed E-state index contributed by atoms with van der Waals surface area (Å²) >= 11 is 0. The van der Waals surface area contributed by atoms with Gasteiger partial charge in [-0.1, -0.05) is 41.5 Å². The smallest absolute Gasteiger partial charge is 0.00816 e. The average molecular weight is 214 g/mol. The van der Waals surface area contributed by atoms with E-state index in [9.17, 15) is 0 Å². The van der Waals surface area contributed by atoms with E-state index in [1.54, 1.807) is 0 Å². The molecule has 0 aliphatic rings. The molecule has 0 radical (unpaired) electrons. The Hall–Kier alpha value is -0.0800. The fourth-order valence-corrected chi connectivity index (χ4v) is 1.99. The van der Waals surface area contributed by atoms with E-state index in [1.165, 1.54) is 19.3 Å². The van der Waals surface area contributed by atoms with Crippen LogP contribution in [-0.4, -0.2) is 24.2 Å². The molecular formula is C13H30N2. The van der Waals surface area contributed by atoms with Crippen LogP contribution in [-0.2, 0) is 0 Å². The molecule has 0 aromatic rings. The normalized spacial score (nSPS) is 16.0. The second-order valence-electron chi connectivity index (χ2n) is 5.09. The van der Waals surface area contributed by atoms with Crippen molar-refractivity contribution in [1.29, 1.82) is 0 Å². The monoisotopic (exact) mass is 214 g/mol. The molecule has 0 saturated carbocycles. The molecule has 2 N–H and O–H groups in total. The molecule has 0 aromatic heterocycles. The molecule has 92 valence electrons. The van der Waals surface area contributed by atoms with Crippen molar-refractivity contribution in [2.75, 3.05) is 0 Å². The van der Waals surface area contributed by atoms with Crippen LogP contribution in [0.1, 0.15) is 60.8 Å². The Morgan fingerprint density at radius 3 is 1.27 bits per heavy atom. The third-order valence-corrected chi connectivity index (χ3v) is 2.69. The van der Waals surface area contributed by atoms with Gasteiger partial charge in [-0.2, -0.15) is 0 Å². The Morgan fingerprint density at radius 1 is 0.733 bits per heavy atom. The van der Waals surface area contributed by atoms with Crippen LogP contribution in [0, 0.1) is 0 Å². The highest BCUT2D eigenvalue weighted by Crippen LogP contribution is 2.07. The molecule has 0 aliphatic heterocycles. The molecule has 2 atom stereocenters. The van der Waals surface area contributed by atoms with Crippen molar-refractivity contribution in [3.05, 3.63) is 0 Å². The van der Waals surface area contributed by atoms with Gasteiger partial charge >= 0.3 is 0 Å². The van der Waals surface area contributed by atoms with Crippen molar-refractivity contribution < 1.29 is 0 Å². The Morgan fingerprint density at radius 2 is 1.07 bits per heavy atom. The molecule has 0 amide bonds. The molecular weight excluding hydrogens is 184 g/mol. The lowest BCUT2D eigenvalue weighted by atomic mass is 10.0. The van der Waals surface area contributed by atoms with E-state index >= 15 is 0 Å². The predicted octanol–water partition coefficient (Wildman–Crippen LogP) is 2.93. The Kier molecular flexibility index (Phi) is 8.07. The molecule has 2 heteroatoms. The summed E-state index contributed by atoms with van der Waals surface area (Å²) in [4.78, 5) is 0. The van der Waals surface area contributed by atoms with E-state index in [4.69, 9.17) is 0 Å². The minimum absolute atomic E-state index is 0.589. The minimum atomic E-state index is 0.589. The van der Waals surface area contributed by atoms with E-state index in [1.807, 2.05) is 0 Å². The number of nitrogens with one attached hydrogen (secondary N) is 2. The topological polar surface area (TPSA) is 24.1 Å². The van der Waals surface area contributed by atoms with Crippen LogP contribution in [0.3, 0.4) is 0 Å². The first-order chi connectivity index (χ1) is 6.99. The van der Waals surface area contributed by atoms with Gasteiger partial charge < -0.3 is 10.6 Å². The van der Waals surface area contributed by atoms with E-state index in [-0.39, 0.29) is 0 Å². The van der Waals surface area contributed by atoms with Crippen LogP contribution in [0.25, 0.3) is 0 Å². The zero-order valence-electron chi connectivity index (χ0n) is 11.4. The van der Waals surface area contributed by atoms with Gasteiger partial charge in [0.25, 0.3) is 0 Å². The van der Waals surface area contributed by atoms with Gasteiger partial charge in [-0.3, -0.25) is 0 Å². The number of hydrogen-bond donors (Lipinski definition) is 2. The predicted molar refractivity (Wildman–Crippen MR) is 69.3 cm³/mol. The zero-order chi connectivity index (χ0) is 11.8. The molecule has 2 unspecified atom stereocenters. The van der Waals surface area contributed by atoms with Crippen LogP contribution in [0.15, 0.2) is 0 Å². The Bertz CT molecular complexity index is 127. The molecule has 0 heterocycles. The maximum Gasteiger partial charge on any atom is 0.00816 e. The maximum absolute atomic E-state index is 3.63. The summed E-state index contributed by atoms with van der Waals surface area (Å²) in [7, 11) is 0. The van der Waals surface area contributed by atoms with Crippen molar-refractivity contribution in [3.8, 4) is 0 Å². The van der Waals surface area contributed by atoms with Gasteiger partial charge in [0.2, 0.25) is 0 Å². The summed E-state index contributed by atoms with van der Waals surface area (Å²) < 4.78 is 0. The summed E-state index contributed by atoms with van der Waals surface area (Å²) in [6.45, 7) is 13.4. The second kappa shape index (κ2) is 8.12.